The van der Waals surface area contributed by atoms with Crippen LogP contribution < -0.4 is 14.2 Å². The molecule has 0 N–H and O–H groups in total. The zero-order chi connectivity index (χ0) is 26.6. The lowest BCUT2D eigenvalue weighted by molar-refractivity contribution is 0.306. The van der Waals surface area contributed by atoms with Gasteiger partial charge < -0.3 is 14.2 Å². The van der Waals surface area contributed by atoms with E-state index in [2.05, 4.69) is 49.4 Å². The first-order valence-electron chi connectivity index (χ1n) is 13.5. The highest BCUT2D eigenvalue weighted by Crippen LogP contribution is 2.31. The van der Waals surface area contributed by atoms with Crippen LogP contribution in [0.25, 0.3) is 34.6 Å². The van der Waals surface area contributed by atoms with Crippen molar-refractivity contribution in [1.82, 2.24) is 0 Å². The van der Waals surface area contributed by atoms with Gasteiger partial charge in [0.25, 0.3) is 0 Å². The molecule has 0 amide bonds. The van der Waals surface area contributed by atoms with Gasteiger partial charge in [0.15, 0.2) is 0 Å². The number of unbranched alkanes of at least 4 members (excludes halogenated alkanes) is 2. The quantitative estimate of drug-likeness (QED) is 0.133. The molecule has 1 aromatic heterocycles. The van der Waals surface area contributed by atoms with E-state index in [0.29, 0.717) is 13.2 Å². The largest absolute Gasteiger partial charge is 0.494 e. The van der Waals surface area contributed by atoms with Crippen molar-refractivity contribution < 1.29 is 18.6 Å². The lowest BCUT2D eigenvalue weighted by Crippen LogP contribution is -1.96. The minimum absolute atomic E-state index is 0.637. The fourth-order valence-electron chi connectivity index (χ4n) is 4.10. The molecule has 4 heteroatoms. The van der Waals surface area contributed by atoms with E-state index in [9.17, 15) is 0 Å². The van der Waals surface area contributed by atoms with Crippen molar-refractivity contribution in [2.24, 2.45) is 0 Å². The van der Waals surface area contributed by atoms with Crippen molar-refractivity contribution in [3.05, 3.63) is 96.3 Å². The third-order valence-electron chi connectivity index (χ3n) is 6.10. The van der Waals surface area contributed by atoms with Crippen molar-refractivity contribution in [2.75, 3.05) is 19.8 Å². The molecule has 0 saturated heterocycles. The van der Waals surface area contributed by atoms with Gasteiger partial charge in [0.1, 0.15) is 17.2 Å². The summed E-state index contributed by atoms with van der Waals surface area (Å²) in [5, 5.41) is 0. The lowest BCUT2D eigenvalue weighted by Gasteiger charge is -2.06. The third kappa shape index (κ3) is 7.72. The van der Waals surface area contributed by atoms with Gasteiger partial charge in [0.05, 0.1) is 37.5 Å². The van der Waals surface area contributed by atoms with Crippen LogP contribution >= 0.6 is 0 Å². The van der Waals surface area contributed by atoms with E-state index in [4.69, 9.17) is 18.6 Å². The Morgan fingerprint density at radius 3 is 1.76 bits per heavy atom. The Morgan fingerprint density at radius 2 is 1.16 bits per heavy atom. The van der Waals surface area contributed by atoms with Crippen LogP contribution in [0.3, 0.4) is 0 Å². The molecule has 0 fully saturated rings. The first kappa shape index (κ1) is 27.0. The maximum absolute atomic E-state index is 6.33. The van der Waals surface area contributed by atoms with Crippen LogP contribution in [0.2, 0.25) is 0 Å². The summed E-state index contributed by atoms with van der Waals surface area (Å²) in [6.45, 7) is 8.21. The van der Waals surface area contributed by atoms with Crippen molar-refractivity contribution in [2.45, 2.75) is 40.0 Å². The van der Waals surface area contributed by atoms with E-state index >= 15 is 0 Å². The fourth-order valence-corrected chi connectivity index (χ4v) is 4.10. The Bertz CT molecular complexity index is 1220. The van der Waals surface area contributed by atoms with Crippen LogP contribution in [0.5, 0.6) is 17.2 Å². The first-order chi connectivity index (χ1) is 18.7. The zero-order valence-corrected chi connectivity index (χ0v) is 22.6. The van der Waals surface area contributed by atoms with Gasteiger partial charge in [-0.15, -0.1) is 0 Å². The van der Waals surface area contributed by atoms with Gasteiger partial charge in [-0.3, -0.25) is 0 Å². The molecule has 0 atom stereocenters. The number of hydrogen-bond donors (Lipinski definition) is 0. The van der Waals surface area contributed by atoms with Crippen molar-refractivity contribution in [3.63, 3.8) is 0 Å². The molecule has 0 spiro atoms. The third-order valence-corrected chi connectivity index (χ3v) is 6.10. The molecular formula is C34H37O4+. The molecule has 0 saturated carbocycles. The Kier molecular flexibility index (Phi) is 9.97. The molecule has 4 aromatic rings. The van der Waals surface area contributed by atoms with Gasteiger partial charge in [-0.25, -0.2) is 4.42 Å². The SMILES string of the molecule is CCCCCOc1ccc(/C=C/c2cc(-c3ccc(OCC)cc3)cc(-c3ccc(OCC)cc3)[o+]2)cc1. The van der Waals surface area contributed by atoms with Crippen LogP contribution in [0, 0.1) is 0 Å². The standard InChI is InChI=1S/C34H37O4/c1-4-7-8-23-37-32-16-9-26(10-17-32)11-18-33-24-29(27-12-19-30(20-13-27)35-5-2)25-34(38-33)28-14-21-31(22-15-28)36-6-3/h9-22,24-25H,4-8,23H2,1-3H3/q+1/b18-11+. The Balaban J connectivity index is 1.60. The summed E-state index contributed by atoms with van der Waals surface area (Å²) < 4.78 is 23.4. The average Bonchev–Trinajstić information content (AvgIpc) is 2.96. The maximum Gasteiger partial charge on any atom is 0.361 e. The van der Waals surface area contributed by atoms with E-state index in [0.717, 1.165) is 64.1 Å². The summed E-state index contributed by atoms with van der Waals surface area (Å²) in [5.41, 5.74) is 4.23. The summed E-state index contributed by atoms with van der Waals surface area (Å²) in [7, 11) is 0. The normalized spacial score (nSPS) is 11.0. The van der Waals surface area contributed by atoms with Gasteiger partial charge in [0.2, 0.25) is 0 Å². The van der Waals surface area contributed by atoms with Gasteiger partial charge >= 0.3 is 11.5 Å². The van der Waals surface area contributed by atoms with Crippen LogP contribution in [0.4, 0.5) is 0 Å². The summed E-state index contributed by atoms with van der Waals surface area (Å²) >= 11 is 0. The maximum atomic E-state index is 6.33. The summed E-state index contributed by atoms with van der Waals surface area (Å²) in [5.74, 6) is 4.16. The van der Waals surface area contributed by atoms with Crippen molar-refractivity contribution in [3.8, 4) is 39.7 Å². The minimum atomic E-state index is 0.637. The number of hydrogen-bond acceptors (Lipinski definition) is 3. The highest BCUT2D eigenvalue weighted by Gasteiger charge is 2.18. The molecule has 0 bridgehead atoms. The van der Waals surface area contributed by atoms with Crippen LogP contribution in [-0.4, -0.2) is 19.8 Å². The van der Waals surface area contributed by atoms with E-state index in [1.165, 1.54) is 12.8 Å². The highest BCUT2D eigenvalue weighted by atomic mass is 16.5. The van der Waals surface area contributed by atoms with Gasteiger partial charge in [0, 0.05) is 11.6 Å². The predicted octanol–water partition coefficient (Wildman–Crippen LogP) is 9.43. The lowest BCUT2D eigenvalue weighted by atomic mass is 10.0. The molecule has 1 heterocycles. The minimum Gasteiger partial charge on any atom is -0.494 e. The second-order valence-electron chi connectivity index (χ2n) is 8.99. The highest BCUT2D eigenvalue weighted by molar-refractivity contribution is 5.75. The Morgan fingerprint density at radius 1 is 0.579 bits per heavy atom. The second-order valence-corrected chi connectivity index (χ2v) is 8.99. The van der Waals surface area contributed by atoms with Crippen molar-refractivity contribution >= 4 is 12.2 Å². The van der Waals surface area contributed by atoms with Gasteiger partial charge in [-0.2, -0.15) is 0 Å². The van der Waals surface area contributed by atoms with Crippen LogP contribution in [-0.2, 0) is 0 Å². The van der Waals surface area contributed by atoms with E-state index < -0.39 is 0 Å². The molecule has 0 aliphatic carbocycles. The topological polar surface area (TPSA) is 39.0 Å². The van der Waals surface area contributed by atoms with Crippen molar-refractivity contribution in [1.29, 1.82) is 0 Å². The molecule has 196 valence electrons. The van der Waals surface area contributed by atoms with E-state index in [1.807, 2.05) is 68.5 Å². The number of rotatable bonds is 13. The predicted molar refractivity (Wildman–Crippen MR) is 157 cm³/mol. The first-order valence-corrected chi connectivity index (χ1v) is 13.5. The summed E-state index contributed by atoms with van der Waals surface area (Å²) in [6, 6.07) is 28.5. The molecular weight excluding hydrogens is 472 g/mol. The Hall–Kier alpha value is -4.05. The molecule has 0 aliphatic rings. The molecule has 4 nitrogen and oxygen atoms in total. The van der Waals surface area contributed by atoms with Gasteiger partial charge in [-0.1, -0.05) is 44.0 Å². The van der Waals surface area contributed by atoms with Crippen LogP contribution in [0.1, 0.15) is 51.4 Å². The van der Waals surface area contributed by atoms with E-state index in [-0.39, 0.29) is 0 Å². The zero-order valence-electron chi connectivity index (χ0n) is 22.6. The number of ether oxygens (including phenoxy) is 3. The molecule has 0 radical (unpaired) electrons. The van der Waals surface area contributed by atoms with E-state index in [1.54, 1.807) is 0 Å². The number of benzene rings is 3. The molecule has 0 aliphatic heterocycles. The molecule has 3 aromatic carbocycles. The fraction of sp³-hybridized carbons (Fsp3) is 0.265. The average molecular weight is 510 g/mol. The monoisotopic (exact) mass is 509 g/mol. The molecule has 38 heavy (non-hydrogen) atoms. The molecule has 4 rings (SSSR count). The van der Waals surface area contributed by atoms with Gasteiger partial charge in [-0.05, 0) is 86.0 Å². The smallest absolute Gasteiger partial charge is 0.361 e. The van der Waals surface area contributed by atoms with Crippen LogP contribution in [0.15, 0.2) is 89.3 Å². The summed E-state index contributed by atoms with van der Waals surface area (Å²) in [4.78, 5) is 0. The Labute approximate surface area is 226 Å². The molecule has 0 unspecified atom stereocenters. The summed E-state index contributed by atoms with van der Waals surface area (Å²) in [6.07, 6.45) is 7.54. The second kappa shape index (κ2) is 14.0.